The fourth-order valence-electron chi connectivity index (χ4n) is 2.71. The summed E-state index contributed by atoms with van der Waals surface area (Å²) in [4.78, 5) is -0.234. The van der Waals surface area contributed by atoms with Crippen LogP contribution >= 0.6 is 0 Å². The van der Waals surface area contributed by atoms with Gasteiger partial charge in [0.2, 0.25) is 0 Å². The molecule has 0 aliphatic carbocycles. The van der Waals surface area contributed by atoms with Crippen LogP contribution in [0.25, 0.3) is 0 Å². The predicted molar refractivity (Wildman–Crippen MR) is 98.0 cm³/mol. The van der Waals surface area contributed by atoms with Crippen LogP contribution in [0, 0.1) is 0 Å². The van der Waals surface area contributed by atoms with E-state index < -0.39 is 10.1 Å². The van der Waals surface area contributed by atoms with Crippen molar-refractivity contribution in [1.82, 2.24) is 0 Å². The second-order valence-electron chi connectivity index (χ2n) is 6.20. The monoisotopic (exact) mass is 384 g/mol. The second kappa shape index (κ2) is 11.8. The molecular formula is C20H25NaO4S. The molecule has 2 aromatic carbocycles. The van der Waals surface area contributed by atoms with Gasteiger partial charge in [-0.05, 0) is 48.7 Å². The zero-order chi connectivity index (χ0) is 18.1. The Labute approximate surface area is 179 Å². The van der Waals surface area contributed by atoms with E-state index in [9.17, 15) is 13.0 Å². The maximum absolute atomic E-state index is 11.4. The number of unbranched alkanes of at least 4 members (excludes halogenated alkanes) is 5. The van der Waals surface area contributed by atoms with Crippen molar-refractivity contribution in [2.24, 2.45) is 0 Å². The Balaban J connectivity index is 0.00000338. The number of rotatable bonds is 10. The van der Waals surface area contributed by atoms with Crippen LogP contribution in [-0.2, 0) is 16.5 Å². The van der Waals surface area contributed by atoms with Crippen LogP contribution in [-0.4, -0.2) is 13.0 Å². The fourth-order valence-corrected chi connectivity index (χ4v) is 3.27. The molecule has 0 saturated heterocycles. The number of hydrogen-bond acceptors (Lipinski definition) is 4. The molecule has 0 N–H and O–H groups in total. The van der Waals surface area contributed by atoms with Crippen molar-refractivity contribution in [3.8, 4) is 11.5 Å². The molecule has 136 valence electrons. The third-order valence-electron chi connectivity index (χ3n) is 4.03. The van der Waals surface area contributed by atoms with Crippen LogP contribution in [0.1, 0.15) is 51.0 Å². The maximum Gasteiger partial charge on any atom is 1.00 e. The first-order chi connectivity index (χ1) is 12.0. The number of benzene rings is 2. The van der Waals surface area contributed by atoms with Gasteiger partial charge >= 0.3 is 29.6 Å². The van der Waals surface area contributed by atoms with Crippen LogP contribution in [0.2, 0.25) is 0 Å². The molecule has 0 aliphatic heterocycles. The molecule has 2 aromatic rings. The normalized spacial score (nSPS) is 11.0. The minimum absolute atomic E-state index is 0. The number of ether oxygens (including phenoxy) is 1. The first-order valence-electron chi connectivity index (χ1n) is 8.82. The van der Waals surface area contributed by atoms with Gasteiger partial charge in [-0.1, -0.05) is 57.2 Å². The molecule has 0 heterocycles. The molecule has 0 bridgehead atoms. The van der Waals surface area contributed by atoms with Crippen LogP contribution in [0.4, 0.5) is 0 Å². The Kier molecular flexibility index (Phi) is 10.5. The molecule has 0 aliphatic rings. The molecule has 0 amide bonds. The van der Waals surface area contributed by atoms with Gasteiger partial charge in [-0.15, -0.1) is 0 Å². The van der Waals surface area contributed by atoms with Gasteiger partial charge < -0.3 is 9.29 Å². The van der Waals surface area contributed by atoms with E-state index in [0.29, 0.717) is 11.5 Å². The summed E-state index contributed by atoms with van der Waals surface area (Å²) < 4.78 is 40.0. The molecule has 2 rings (SSSR count). The summed E-state index contributed by atoms with van der Waals surface area (Å²) in [5.74, 6) is 0.984. The fraction of sp³-hybridized carbons (Fsp3) is 0.400. The second-order valence-corrected chi connectivity index (χ2v) is 7.58. The maximum atomic E-state index is 11.4. The Bertz CT molecular complexity index is 761. The Morgan fingerprint density at radius 2 is 1.54 bits per heavy atom. The Morgan fingerprint density at radius 3 is 2.19 bits per heavy atom. The van der Waals surface area contributed by atoms with Crippen LogP contribution in [0.15, 0.2) is 53.4 Å². The predicted octanol–water partition coefficient (Wildman–Crippen LogP) is 2.29. The van der Waals surface area contributed by atoms with Crippen molar-refractivity contribution in [2.45, 2.75) is 56.8 Å². The SMILES string of the molecule is CCCCCCCCc1cc(Oc2ccccc2)cc(S(=O)(=O)[O-])c1.[Na+]. The quantitative estimate of drug-likeness (QED) is 0.358. The van der Waals surface area contributed by atoms with E-state index >= 15 is 0 Å². The molecule has 0 unspecified atom stereocenters. The van der Waals surface area contributed by atoms with Gasteiger partial charge in [0.05, 0.1) is 4.90 Å². The van der Waals surface area contributed by atoms with E-state index in [0.717, 1.165) is 24.8 Å². The van der Waals surface area contributed by atoms with E-state index in [4.69, 9.17) is 4.74 Å². The summed E-state index contributed by atoms with van der Waals surface area (Å²) in [6, 6.07) is 13.7. The molecule has 6 heteroatoms. The molecule has 0 saturated carbocycles. The molecular weight excluding hydrogens is 359 g/mol. The summed E-state index contributed by atoms with van der Waals surface area (Å²) in [5, 5.41) is 0. The largest absolute Gasteiger partial charge is 1.00 e. The molecule has 4 nitrogen and oxygen atoms in total. The van der Waals surface area contributed by atoms with E-state index in [-0.39, 0.29) is 34.5 Å². The van der Waals surface area contributed by atoms with Crippen LogP contribution < -0.4 is 34.3 Å². The van der Waals surface area contributed by atoms with Crippen molar-refractivity contribution in [3.63, 3.8) is 0 Å². The topological polar surface area (TPSA) is 66.4 Å². The summed E-state index contributed by atoms with van der Waals surface area (Å²) in [6.45, 7) is 2.18. The summed E-state index contributed by atoms with van der Waals surface area (Å²) >= 11 is 0. The first-order valence-corrected chi connectivity index (χ1v) is 10.2. The van der Waals surface area contributed by atoms with Crippen molar-refractivity contribution >= 4 is 10.1 Å². The third-order valence-corrected chi connectivity index (χ3v) is 4.84. The standard InChI is InChI=1S/C20H26O4S.Na/c1-2-3-4-5-6-8-11-17-14-19(16-20(15-17)25(21,22)23)24-18-12-9-7-10-13-18;/h7,9-10,12-16H,2-6,8,11H2,1H3,(H,21,22,23);/q;+1/p-1. The average Bonchev–Trinajstić information content (AvgIpc) is 2.58. The van der Waals surface area contributed by atoms with E-state index in [1.54, 1.807) is 12.1 Å². The van der Waals surface area contributed by atoms with Gasteiger partial charge in [-0.3, -0.25) is 0 Å². The smallest absolute Gasteiger partial charge is 0.744 e. The van der Waals surface area contributed by atoms with Gasteiger partial charge in [0, 0.05) is 0 Å². The first kappa shape index (κ1) is 23.2. The van der Waals surface area contributed by atoms with Gasteiger partial charge in [0.15, 0.2) is 0 Å². The zero-order valence-corrected chi connectivity index (χ0v) is 18.4. The van der Waals surface area contributed by atoms with Crippen LogP contribution in [0.3, 0.4) is 0 Å². The molecule has 0 radical (unpaired) electrons. The molecule has 26 heavy (non-hydrogen) atoms. The van der Waals surface area contributed by atoms with E-state index in [2.05, 4.69) is 6.92 Å². The van der Waals surface area contributed by atoms with Crippen LogP contribution in [0.5, 0.6) is 11.5 Å². The van der Waals surface area contributed by atoms with Gasteiger partial charge in [-0.2, -0.15) is 0 Å². The number of aryl methyl sites for hydroxylation is 1. The minimum Gasteiger partial charge on any atom is -0.744 e. The third kappa shape index (κ3) is 8.23. The van der Waals surface area contributed by atoms with E-state index in [1.165, 1.54) is 37.8 Å². The molecule has 0 aromatic heterocycles. The van der Waals surface area contributed by atoms with Crippen molar-refractivity contribution in [2.75, 3.05) is 0 Å². The Morgan fingerprint density at radius 1 is 0.885 bits per heavy atom. The average molecular weight is 384 g/mol. The van der Waals surface area contributed by atoms with Gasteiger partial charge in [0.25, 0.3) is 0 Å². The summed E-state index contributed by atoms with van der Waals surface area (Å²) in [6.07, 6.45) is 7.68. The van der Waals surface area contributed by atoms with Crippen molar-refractivity contribution in [3.05, 3.63) is 54.1 Å². The number of hydrogen-bond donors (Lipinski definition) is 0. The Hall–Kier alpha value is -0.850. The zero-order valence-electron chi connectivity index (χ0n) is 15.6. The van der Waals surface area contributed by atoms with Gasteiger partial charge in [0.1, 0.15) is 21.6 Å². The molecule has 0 fully saturated rings. The summed E-state index contributed by atoms with van der Waals surface area (Å²) in [7, 11) is -4.51. The molecule has 0 atom stereocenters. The number of para-hydroxylation sites is 1. The minimum atomic E-state index is -4.51. The van der Waals surface area contributed by atoms with Gasteiger partial charge in [-0.25, -0.2) is 8.42 Å². The van der Waals surface area contributed by atoms with Crippen molar-refractivity contribution in [1.29, 1.82) is 0 Å². The van der Waals surface area contributed by atoms with E-state index in [1.807, 2.05) is 24.3 Å². The van der Waals surface area contributed by atoms with Crippen molar-refractivity contribution < 1.29 is 47.3 Å². The summed E-state index contributed by atoms with van der Waals surface area (Å²) in [5.41, 5.74) is 0.818. The molecule has 0 spiro atoms.